The highest BCUT2D eigenvalue weighted by Gasteiger charge is 2.39. The van der Waals surface area contributed by atoms with Gasteiger partial charge in [-0.3, -0.25) is 19.4 Å². The van der Waals surface area contributed by atoms with E-state index >= 15 is 0 Å². The van der Waals surface area contributed by atoms with Crippen LogP contribution in [0, 0.1) is 5.92 Å². The summed E-state index contributed by atoms with van der Waals surface area (Å²) in [4.78, 5) is 43.2. The second-order valence-corrected chi connectivity index (χ2v) is 8.28. The average molecular weight is 446 g/mol. The molecule has 0 bridgehead atoms. The second kappa shape index (κ2) is 11.1. The van der Waals surface area contributed by atoms with E-state index in [4.69, 9.17) is 4.74 Å². The average Bonchev–Trinajstić information content (AvgIpc) is 3.12. The minimum Gasteiger partial charge on any atom is -0.453 e. The summed E-state index contributed by atoms with van der Waals surface area (Å²) in [7, 11) is 0. The van der Waals surface area contributed by atoms with Crippen molar-refractivity contribution in [1.29, 1.82) is 0 Å². The summed E-state index contributed by atoms with van der Waals surface area (Å²) in [6.07, 6.45) is 1.39. The van der Waals surface area contributed by atoms with Gasteiger partial charge in [-0.25, -0.2) is 0 Å². The first-order valence-electron chi connectivity index (χ1n) is 10.4. The lowest BCUT2D eigenvalue weighted by atomic mass is 10.1. The summed E-state index contributed by atoms with van der Waals surface area (Å²) in [6.45, 7) is 9.35. The van der Waals surface area contributed by atoms with Gasteiger partial charge in [-0.1, -0.05) is 31.2 Å². The number of likely N-dealkylation sites (tertiary alicyclic amines) is 1. The molecular weight excluding hydrogens is 414 g/mol. The van der Waals surface area contributed by atoms with Crippen molar-refractivity contribution in [2.45, 2.75) is 59.7 Å². The zero-order valence-corrected chi connectivity index (χ0v) is 19.6. The first-order valence-corrected chi connectivity index (χ1v) is 10.8. The third-order valence-electron chi connectivity index (χ3n) is 5.15. The van der Waals surface area contributed by atoms with Gasteiger partial charge in [0.15, 0.2) is 6.10 Å². The molecule has 1 heterocycles. The predicted molar refractivity (Wildman–Crippen MR) is 125 cm³/mol. The van der Waals surface area contributed by atoms with Crippen LogP contribution in [-0.4, -0.2) is 47.6 Å². The van der Waals surface area contributed by atoms with Gasteiger partial charge in [-0.15, -0.1) is 12.6 Å². The molecule has 1 aliphatic heterocycles. The van der Waals surface area contributed by atoms with E-state index in [1.54, 1.807) is 6.21 Å². The number of ether oxygens (including phenoxy) is 1. The van der Waals surface area contributed by atoms with E-state index in [0.29, 0.717) is 19.5 Å². The molecule has 1 aromatic carbocycles. The third-order valence-corrected chi connectivity index (χ3v) is 5.73. The summed E-state index contributed by atoms with van der Waals surface area (Å²) in [5.41, 5.74) is 2.71. The van der Waals surface area contributed by atoms with Crippen LogP contribution < -0.4 is 5.32 Å². The van der Waals surface area contributed by atoms with Crippen molar-refractivity contribution in [3.05, 3.63) is 41.1 Å². The van der Waals surface area contributed by atoms with E-state index in [0.717, 1.165) is 21.7 Å². The van der Waals surface area contributed by atoms with Crippen LogP contribution in [0.3, 0.4) is 0 Å². The SMILES string of the molecule is C/C=N\C(C)=C(/S)c1ccc(CNC(=O)[C@@H]2C[C@@H](C)CN2C(=O)[C@H](C)OC(C)=O)cc1. The number of allylic oxidation sites excluding steroid dienone is 1. The Hall–Kier alpha value is -2.61. The van der Waals surface area contributed by atoms with Crippen LogP contribution >= 0.6 is 12.6 Å². The lowest BCUT2D eigenvalue weighted by Crippen LogP contribution is -2.49. The first-order chi connectivity index (χ1) is 14.6. The number of rotatable bonds is 7. The quantitative estimate of drug-likeness (QED) is 0.383. The lowest BCUT2D eigenvalue weighted by molar-refractivity contribution is -0.158. The summed E-state index contributed by atoms with van der Waals surface area (Å²) < 4.78 is 5.00. The highest BCUT2D eigenvalue weighted by Crippen LogP contribution is 2.25. The number of carbonyl (C=O) groups excluding carboxylic acids is 3. The van der Waals surface area contributed by atoms with Crippen LogP contribution in [0.15, 0.2) is 35.0 Å². The second-order valence-electron chi connectivity index (χ2n) is 7.83. The molecule has 0 spiro atoms. The number of benzene rings is 1. The number of carbonyl (C=O) groups is 3. The third kappa shape index (κ3) is 6.69. The molecule has 8 heteroatoms. The summed E-state index contributed by atoms with van der Waals surface area (Å²) in [5.74, 6) is -0.881. The number of aliphatic imine (C=N–C) groups is 1. The Kier molecular flexibility index (Phi) is 8.86. The van der Waals surface area contributed by atoms with Crippen LogP contribution in [0.2, 0.25) is 0 Å². The van der Waals surface area contributed by atoms with Gasteiger partial charge in [0.2, 0.25) is 5.91 Å². The van der Waals surface area contributed by atoms with Crippen LogP contribution in [0.25, 0.3) is 4.91 Å². The molecule has 1 saturated heterocycles. The molecule has 31 heavy (non-hydrogen) atoms. The summed E-state index contributed by atoms with van der Waals surface area (Å²) in [6, 6.07) is 7.16. The van der Waals surface area contributed by atoms with Gasteiger partial charge in [-0.05, 0) is 44.2 Å². The molecule has 0 aliphatic carbocycles. The van der Waals surface area contributed by atoms with Gasteiger partial charge < -0.3 is 15.0 Å². The van der Waals surface area contributed by atoms with Gasteiger partial charge in [0.25, 0.3) is 5.91 Å². The molecule has 3 atom stereocenters. The van der Waals surface area contributed by atoms with Crippen molar-refractivity contribution in [3.8, 4) is 0 Å². The van der Waals surface area contributed by atoms with E-state index in [9.17, 15) is 14.4 Å². The van der Waals surface area contributed by atoms with Crippen LogP contribution in [0.1, 0.15) is 52.2 Å². The maximum absolute atomic E-state index is 12.8. The van der Waals surface area contributed by atoms with Crippen molar-refractivity contribution in [1.82, 2.24) is 10.2 Å². The Morgan fingerprint density at radius 2 is 1.94 bits per heavy atom. The Balaban J connectivity index is 2.01. The Morgan fingerprint density at radius 3 is 2.52 bits per heavy atom. The monoisotopic (exact) mass is 445 g/mol. The molecule has 2 amide bonds. The molecule has 7 nitrogen and oxygen atoms in total. The molecule has 1 N–H and O–H groups in total. The van der Waals surface area contributed by atoms with Gasteiger partial charge in [-0.2, -0.15) is 0 Å². The maximum Gasteiger partial charge on any atom is 0.303 e. The molecule has 1 aliphatic rings. The van der Waals surface area contributed by atoms with E-state index in [1.807, 2.05) is 45.0 Å². The number of esters is 1. The van der Waals surface area contributed by atoms with Crippen molar-refractivity contribution < 1.29 is 19.1 Å². The molecule has 0 saturated carbocycles. The largest absolute Gasteiger partial charge is 0.453 e. The molecule has 0 radical (unpaired) electrons. The molecule has 1 fully saturated rings. The zero-order valence-electron chi connectivity index (χ0n) is 18.7. The molecule has 0 unspecified atom stereocenters. The van der Waals surface area contributed by atoms with E-state index in [2.05, 4.69) is 22.9 Å². The number of thiol groups is 1. The van der Waals surface area contributed by atoms with Crippen LogP contribution in [0.4, 0.5) is 0 Å². The van der Waals surface area contributed by atoms with Crippen molar-refractivity contribution in [2.75, 3.05) is 6.54 Å². The van der Waals surface area contributed by atoms with E-state index in [1.165, 1.54) is 18.7 Å². The normalized spacial score (nSPS) is 20.4. The summed E-state index contributed by atoms with van der Waals surface area (Å²) in [5, 5.41) is 2.92. The van der Waals surface area contributed by atoms with E-state index < -0.39 is 18.1 Å². The molecule has 2 rings (SSSR count). The first kappa shape index (κ1) is 24.7. The van der Waals surface area contributed by atoms with Gasteiger partial charge >= 0.3 is 5.97 Å². The smallest absolute Gasteiger partial charge is 0.303 e. The van der Waals surface area contributed by atoms with Crippen molar-refractivity contribution >= 4 is 41.5 Å². The number of amides is 2. The number of hydrogen-bond acceptors (Lipinski definition) is 6. The molecule has 168 valence electrons. The minimum absolute atomic E-state index is 0.193. The topological polar surface area (TPSA) is 88.1 Å². The highest BCUT2D eigenvalue weighted by atomic mass is 32.1. The van der Waals surface area contributed by atoms with E-state index in [-0.39, 0.29) is 17.7 Å². The van der Waals surface area contributed by atoms with Crippen LogP contribution in [-0.2, 0) is 25.7 Å². The Labute approximate surface area is 189 Å². The predicted octanol–water partition coefficient (Wildman–Crippen LogP) is 3.20. The number of hydrogen-bond donors (Lipinski definition) is 2. The highest BCUT2D eigenvalue weighted by molar-refractivity contribution is 7.90. The number of nitrogens with one attached hydrogen (secondary N) is 1. The zero-order chi connectivity index (χ0) is 23.1. The van der Waals surface area contributed by atoms with Gasteiger partial charge in [0.05, 0.1) is 5.70 Å². The molecular formula is C23H31N3O4S. The minimum atomic E-state index is -0.908. The standard InChI is InChI=1S/C23H31N3O4S/c1-6-24-15(3)21(31)19-9-7-18(8-10-19)12-25-22(28)20-11-14(2)13-26(20)23(29)16(4)30-17(5)27/h6-10,14,16,20,31H,11-13H2,1-5H3,(H,25,28)/b21-15-,24-6-/t14-,16+,20+/m1/s1. The van der Waals surface area contributed by atoms with Crippen molar-refractivity contribution in [2.24, 2.45) is 10.9 Å². The van der Waals surface area contributed by atoms with Gasteiger partial charge in [0.1, 0.15) is 6.04 Å². The van der Waals surface area contributed by atoms with Crippen molar-refractivity contribution in [3.63, 3.8) is 0 Å². The fraction of sp³-hybridized carbons (Fsp3) is 0.478. The van der Waals surface area contributed by atoms with Gasteiger partial charge in [0, 0.05) is 31.1 Å². The molecule has 1 aromatic rings. The fourth-order valence-electron chi connectivity index (χ4n) is 3.62. The van der Waals surface area contributed by atoms with Crippen LogP contribution in [0.5, 0.6) is 0 Å². The lowest BCUT2D eigenvalue weighted by Gasteiger charge is -2.26. The maximum atomic E-state index is 12.8. The Morgan fingerprint density at radius 1 is 1.29 bits per heavy atom. The fourth-order valence-corrected chi connectivity index (χ4v) is 3.83. The Bertz CT molecular complexity index is 879. The summed E-state index contributed by atoms with van der Waals surface area (Å²) >= 11 is 4.53. The molecule has 0 aromatic heterocycles. The number of nitrogens with zero attached hydrogens (tertiary/aromatic N) is 2.